The molecule has 0 bridgehead atoms. The fourth-order valence-corrected chi connectivity index (χ4v) is 4.00. The summed E-state index contributed by atoms with van der Waals surface area (Å²) in [4.78, 5) is 49.8. The molecule has 0 radical (unpaired) electrons. The van der Waals surface area contributed by atoms with E-state index in [-0.39, 0.29) is 23.7 Å². The number of hydrogen-bond acceptors (Lipinski definition) is 9. The summed E-state index contributed by atoms with van der Waals surface area (Å²) in [5.74, 6) is -4.26. The second-order valence-corrected chi connectivity index (χ2v) is 8.25. The van der Waals surface area contributed by atoms with Gasteiger partial charge >= 0.3 is 23.9 Å². The van der Waals surface area contributed by atoms with Gasteiger partial charge in [0.05, 0.1) is 24.5 Å². The Morgan fingerprint density at radius 3 is 2.56 bits per heavy atom. The van der Waals surface area contributed by atoms with E-state index in [1.54, 1.807) is 13.0 Å². The zero-order valence-corrected chi connectivity index (χ0v) is 19.0. The Morgan fingerprint density at radius 2 is 2.00 bits per heavy atom. The maximum absolute atomic E-state index is 12.8. The minimum absolute atomic E-state index is 0.00543. The van der Waals surface area contributed by atoms with Crippen molar-refractivity contribution < 1.29 is 43.2 Å². The molecule has 1 fully saturated rings. The largest absolute Gasteiger partial charge is 0.466 e. The molecule has 1 aliphatic carbocycles. The molecule has 9 heteroatoms. The number of ether oxygens (including phenoxy) is 4. The van der Waals surface area contributed by atoms with Gasteiger partial charge in [0.15, 0.2) is 12.2 Å². The minimum Gasteiger partial charge on any atom is -0.466 e. The molecule has 0 saturated carbocycles. The third kappa shape index (κ3) is 5.76. The van der Waals surface area contributed by atoms with Crippen LogP contribution in [-0.2, 0) is 38.1 Å². The van der Waals surface area contributed by atoms with Gasteiger partial charge in [-0.2, -0.15) is 0 Å². The molecule has 2 aliphatic rings. The van der Waals surface area contributed by atoms with E-state index < -0.39 is 54.0 Å². The van der Waals surface area contributed by atoms with E-state index in [0.717, 1.165) is 0 Å². The first-order valence-electron chi connectivity index (χ1n) is 10.8. The van der Waals surface area contributed by atoms with Gasteiger partial charge in [-0.25, -0.2) is 9.59 Å². The molecule has 6 unspecified atom stereocenters. The molecule has 0 spiro atoms. The van der Waals surface area contributed by atoms with Crippen LogP contribution in [0.15, 0.2) is 23.8 Å². The van der Waals surface area contributed by atoms with Crippen LogP contribution in [0.3, 0.4) is 0 Å². The van der Waals surface area contributed by atoms with Gasteiger partial charge in [-0.15, -0.1) is 0 Å². The summed E-state index contributed by atoms with van der Waals surface area (Å²) >= 11 is 0. The summed E-state index contributed by atoms with van der Waals surface area (Å²) in [5, 5.41) is 9.80. The fourth-order valence-electron chi connectivity index (χ4n) is 4.00. The lowest BCUT2D eigenvalue weighted by Crippen LogP contribution is -2.47. The molecule has 0 aromatic rings. The van der Waals surface area contributed by atoms with Gasteiger partial charge in [-0.1, -0.05) is 26.5 Å². The smallest absolute Gasteiger partial charge is 0.337 e. The number of methoxy groups -OCH3 is 1. The van der Waals surface area contributed by atoms with Crippen molar-refractivity contribution >= 4 is 23.9 Å². The van der Waals surface area contributed by atoms with Crippen LogP contribution in [0.5, 0.6) is 0 Å². The van der Waals surface area contributed by atoms with Gasteiger partial charge < -0.3 is 24.1 Å². The number of rotatable bonds is 6. The average molecular weight is 453 g/mol. The number of aliphatic hydroxyl groups excluding tert-OH is 1. The third-order valence-electron chi connectivity index (χ3n) is 6.03. The van der Waals surface area contributed by atoms with Crippen molar-refractivity contribution in [2.45, 2.75) is 64.8 Å². The Bertz CT molecular complexity index is 784. The lowest BCUT2D eigenvalue weighted by molar-refractivity contribution is -0.174. The molecule has 178 valence electrons. The van der Waals surface area contributed by atoms with Crippen molar-refractivity contribution in [3.05, 3.63) is 23.8 Å². The van der Waals surface area contributed by atoms with E-state index in [2.05, 4.69) is 6.58 Å². The topological polar surface area (TPSA) is 125 Å². The van der Waals surface area contributed by atoms with Crippen molar-refractivity contribution in [3.63, 3.8) is 0 Å². The van der Waals surface area contributed by atoms with E-state index >= 15 is 0 Å². The summed E-state index contributed by atoms with van der Waals surface area (Å²) in [6.45, 7) is 8.34. The number of aliphatic hydroxyl groups is 1. The fraction of sp³-hybridized carbons (Fsp3) is 0.652. The number of carbonyl (C=O) groups is 4. The summed E-state index contributed by atoms with van der Waals surface area (Å²) in [6.07, 6.45) is -0.105. The SMILES string of the molecule is C=C1C(=O)OC2CC(CO)CCC=C(C(=O)OC)C(OC(C)=O)C(OC(=O)C(C)CC)C12. The monoisotopic (exact) mass is 452 g/mol. The van der Waals surface area contributed by atoms with Gasteiger partial charge in [0, 0.05) is 19.1 Å². The summed E-state index contributed by atoms with van der Waals surface area (Å²) < 4.78 is 21.7. The quantitative estimate of drug-likeness (QED) is 0.365. The van der Waals surface area contributed by atoms with Crippen LogP contribution in [0.25, 0.3) is 0 Å². The van der Waals surface area contributed by atoms with Gasteiger partial charge in [0.2, 0.25) is 0 Å². The standard InChI is InChI=1S/C23H32O9/c1-6-12(2)21(26)32-20-18-13(3)22(27)31-17(18)10-15(11-24)8-7-9-16(23(28)29-5)19(20)30-14(4)25/h9,12,15,17-20,24H,3,6-8,10-11H2,1-2,4-5H3. The molecule has 1 heterocycles. The molecule has 6 atom stereocenters. The number of fused-ring (bicyclic) bond motifs is 1. The van der Waals surface area contributed by atoms with Crippen molar-refractivity contribution in [2.24, 2.45) is 17.8 Å². The second-order valence-electron chi connectivity index (χ2n) is 8.25. The number of esters is 4. The van der Waals surface area contributed by atoms with Crippen LogP contribution in [-0.4, -0.2) is 61.0 Å². The van der Waals surface area contributed by atoms with Crippen LogP contribution in [0.1, 0.15) is 46.5 Å². The summed E-state index contributed by atoms with van der Waals surface area (Å²) in [5.41, 5.74) is 0.0460. The highest BCUT2D eigenvalue weighted by Gasteiger charge is 2.51. The zero-order chi connectivity index (χ0) is 24.0. The molecule has 2 rings (SSSR count). The average Bonchev–Trinajstić information content (AvgIpc) is 3.04. The highest BCUT2D eigenvalue weighted by atomic mass is 16.6. The first-order valence-corrected chi connectivity index (χ1v) is 10.8. The van der Waals surface area contributed by atoms with Crippen LogP contribution >= 0.6 is 0 Å². The zero-order valence-electron chi connectivity index (χ0n) is 19.0. The minimum atomic E-state index is -1.32. The molecular weight excluding hydrogens is 420 g/mol. The van der Waals surface area contributed by atoms with Crippen LogP contribution in [0.4, 0.5) is 0 Å². The molecule has 1 N–H and O–H groups in total. The van der Waals surface area contributed by atoms with Gasteiger partial charge in [0.25, 0.3) is 0 Å². The van der Waals surface area contributed by atoms with E-state index in [1.807, 2.05) is 6.92 Å². The molecule has 0 amide bonds. The second kappa shape index (κ2) is 11.3. The van der Waals surface area contributed by atoms with Crippen LogP contribution in [0.2, 0.25) is 0 Å². The van der Waals surface area contributed by atoms with Crippen molar-refractivity contribution in [3.8, 4) is 0 Å². The predicted octanol–water partition coefficient (Wildman–Crippen LogP) is 1.87. The van der Waals surface area contributed by atoms with Crippen molar-refractivity contribution in [1.29, 1.82) is 0 Å². The normalized spacial score (nSPS) is 29.2. The van der Waals surface area contributed by atoms with E-state index in [0.29, 0.717) is 25.7 Å². The first kappa shape index (κ1) is 25.6. The molecule has 32 heavy (non-hydrogen) atoms. The van der Waals surface area contributed by atoms with E-state index in [4.69, 9.17) is 18.9 Å². The third-order valence-corrected chi connectivity index (χ3v) is 6.03. The molecule has 1 aliphatic heterocycles. The Morgan fingerprint density at radius 1 is 1.31 bits per heavy atom. The maximum atomic E-state index is 12.8. The van der Waals surface area contributed by atoms with Gasteiger partial charge in [-0.3, -0.25) is 9.59 Å². The summed E-state index contributed by atoms with van der Waals surface area (Å²) in [7, 11) is 1.19. The maximum Gasteiger partial charge on any atom is 0.337 e. The highest BCUT2D eigenvalue weighted by molar-refractivity contribution is 5.92. The molecule has 1 saturated heterocycles. The summed E-state index contributed by atoms with van der Waals surface area (Å²) in [6, 6.07) is 0. The Hall–Kier alpha value is -2.68. The Kier molecular flexibility index (Phi) is 9.00. The van der Waals surface area contributed by atoms with E-state index in [9.17, 15) is 24.3 Å². The molecule has 0 aromatic heterocycles. The lowest BCUT2D eigenvalue weighted by Gasteiger charge is -2.35. The Balaban J connectivity index is 2.66. The van der Waals surface area contributed by atoms with Crippen molar-refractivity contribution in [2.75, 3.05) is 13.7 Å². The van der Waals surface area contributed by atoms with Crippen LogP contribution < -0.4 is 0 Å². The first-order chi connectivity index (χ1) is 15.1. The Labute approximate surface area is 187 Å². The van der Waals surface area contributed by atoms with Gasteiger partial charge in [-0.05, 0) is 31.6 Å². The predicted molar refractivity (Wildman–Crippen MR) is 112 cm³/mol. The highest BCUT2D eigenvalue weighted by Crippen LogP contribution is 2.40. The number of carbonyl (C=O) groups excluding carboxylic acids is 4. The van der Waals surface area contributed by atoms with E-state index in [1.165, 1.54) is 14.0 Å². The number of allylic oxidation sites excluding steroid dienone is 1. The molecule has 0 aromatic carbocycles. The number of hydrogen-bond donors (Lipinski definition) is 1. The lowest BCUT2D eigenvalue weighted by atomic mass is 9.80. The van der Waals surface area contributed by atoms with Crippen LogP contribution in [0, 0.1) is 17.8 Å². The molecular formula is C23H32O9. The molecule has 9 nitrogen and oxygen atoms in total. The van der Waals surface area contributed by atoms with Gasteiger partial charge in [0.1, 0.15) is 6.10 Å². The van der Waals surface area contributed by atoms with Crippen molar-refractivity contribution in [1.82, 2.24) is 0 Å².